The van der Waals surface area contributed by atoms with Crippen molar-refractivity contribution in [2.45, 2.75) is 50.5 Å². The number of piperidine rings is 1. The summed E-state index contributed by atoms with van der Waals surface area (Å²) in [5.74, 6) is -0.709. The van der Waals surface area contributed by atoms with Gasteiger partial charge < -0.3 is 14.6 Å². The van der Waals surface area contributed by atoms with Crippen LogP contribution in [0, 0.1) is 11.3 Å². The van der Waals surface area contributed by atoms with Crippen LogP contribution in [0.5, 0.6) is 0 Å². The molecule has 1 aromatic rings. The van der Waals surface area contributed by atoms with Crippen LogP contribution in [0.3, 0.4) is 0 Å². The molecule has 0 bridgehead atoms. The quantitative estimate of drug-likeness (QED) is 0.888. The maximum Gasteiger partial charge on any atom is 0.163 e. The van der Waals surface area contributed by atoms with Crippen LogP contribution in [-0.2, 0) is 16.0 Å². The highest BCUT2D eigenvalue weighted by molar-refractivity contribution is 5.17. The van der Waals surface area contributed by atoms with Crippen molar-refractivity contribution in [3.8, 4) is 6.07 Å². The first-order chi connectivity index (χ1) is 10.00. The van der Waals surface area contributed by atoms with Crippen molar-refractivity contribution < 1.29 is 14.6 Å². The van der Waals surface area contributed by atoms with E-state index < -0.39 is 24.0 Å². The SMILES string of the molecule is CC1(C)O[C@H]2[C@H](O)[C@H](C#N)N(Cc3ccccc3)C[C@H]2O1. The number of likely N-dealkylation sites (tertiary alicyclic amines) is 1. The topological polar surface area (TPSA) is 65.7 Å². The Balaban J connectivity index is 1.80. The van der Waals surface area contributed by atoms with Gasteiger partial charge in [-0.25, -0.2) is 0 Å². The molecule has 0 amide bonds. The lowest BCUT2D eigenvalue weighted by Gasteiger charge is -2.40. The van der Waals surface area contributed by atoms with Crippen LogP contribution in [0.1, 0.15) is 19.4 Å². The van der Waals surface area contributed by atoms with E-state index in [0.29, 0.717) is 13.1 Å². The third kappa shape index (κ3) is 2.81. The van der Waals surface area contributed by atoms with E-state index in [1.165, 1.54) is 0 Å². The fourth-order valence-electron chi connectivity index (χ4n) is 3.17. The molecule has 1 N–H and O–H groups in total. The predicted molar refractivity (Wildman–Crippen MR) is 76.1 cm³/mol. The van der Waals surface area contributed by atoms with Crippen molar-refractivity contribution in [2.75, 3.05) is 6.54 Å². The number of aliphatic hydroxyl groups is 1. The minimum atomic E-state index is -0.862. The van der Waals surface area contributed by atoms with Crippen molar-refractivity contribution in [3.05, 3.63) is 35.9 Å². The Morgan fingerprint density at radius 3 is 2.71 bits per heavy atom. The van der Waals surface area contributed by atoms with Crippen LogP contribution in [0.25, 0.3) is 0 Å². The standard InChI is InChI=1S/C16H20N2O3/c1-16(2)20-13-10-18(9-11-6-4-3-5-7-11)12(8-17)14(19)15(13)21-16/h3-7,12-15,19H,9-10H2,1-2H3/t12-,13+,14+,15+/m0/s1. The van der Waals surface area contributed by atoms with Gasteiger partial charge in [-0.3, -0.25) is 4.90 Å². The third-order valence-electron chi connectivity index (χ3n) is 4.05. The molecule has 0 unspecified atom stereocenters. The zero-order valence-electron chi connectivity index (χ0n) is 12.3. The molecule has 0 saturated carbocycles. The van der Waals surface area contributed by atoms with E-state index in [9.17, 15) is 10.4 Å². The summed E-state index contributed by atoms with van der Waals surface area (Å²) < 4.78 is 11.6. The molecular weight excluding hydrogens is 268 g/mol. The molecule has 3 rings (SSSR count). The summed E-state index contributed by atoms with van der Waals surface area (Å²) in [5.41, 5.74) is 1.11. The maximum atomic E-state index is 10.5. The number of ether oxygens (including phenoxy) is 2. The summed E-state index contributed by atoms with van der Waals surface area (Å²) in [6, 6.07) is 11.6. The molecule has 21 heavy (non-hydrogen) atoms. The maximum absolute atomic E-state index is 10.5. The molecule has 2 aliphatic rings. The van der Waals surface area contributed by atoms with Gasteiger partial charge >= 0.3 is 0 Å². The summed E-state index contributed by atoms with van der Waals surface area (Å²) in [6.07, 6.45) is -1.50. The Labute approximate surface area is 124 Å². The van der Waals surface area contributed by atoms with E-state index in [1.807, 2.05) is 49.1 Å². The minimum absolute atomic E-state index is 0.205. The van der Waals surface area contributed by atoms with Crippen LogP contribution >= 0.6 is 0 Å². The Hall–Kier alpha value is -1.45. The lowest BCUT2D eigenvalue weighted by molar-refractivity contribution is -0.153. The minimum Gasteiger partial charge on any atom is -0.388 e. The Morgan fingerprint density at radius 1 is 1.33 bits per heavy atom. The van der Waals surface area contributed by atoms with E-state index in [4.69, 9.17) is 9.47 Å². The second-order valence-corrected chi connectivity index (χ2v) is 6.12. The molecule has 2 aliphatic heterocycles. The first-order valence-electron chi connectivity index (χ1n) is 7.21. The second kappa shape index (κ2) is 5.39. The van der Waals surface area contributed by atoms with Crippen molar-refractivity contribution in [3.63, 3.8) is 0 Å². The van der Waals surface area contributed by atoms with Gasteiger partial charge in [0.25, 0.3) is 0 Å². The summed E-state index contributed by atoms with van der Waals surface area (Å²) in [7, 11) is 0. The highest BCUT2D eigenvalue weighted by Gasteiger charge is 2.52. The molecular formula is C16H20N2O3. The Bertz CT molecular complexity index is 540. The summed E-state index contributed by atoms with van der Waals surface area (Å²) in [4.78, 5) is 1.96. The van der Waals surface area contributed by atoms with Gasteiger partial charge in [0.1, 0.15) is 24.4 Å². The zero-order chi connectivity index (χ0) is 15.0. The van der Waals surface area contributed by atoms with Crippen LogP contribution in [-0.4, -0.2) is 46.7 Å². The predicted octanol–water partition coefficient (Wildman–Crippen LogP) is 1.28. The molecule has 4 atom stereocenters. The number of hydrogen-bond acceptors (Lipinski definition) is 5. The summed E-state index contributed by atoms with van der Waals surface area (Å²) in [6.45, 7) is 4.86. The van der Waals surface area contributed by atoms with Crippen LogP contribution in [0.2, 0.25) is 0 Å². The molecule has 0 aliphatic carbocycles. The normalized spacial score (nSPS) is 35.1. The van der Waals surface area contributed by atoms with Crippen molar-refractivity contribution in [1.29, 1.82) is 5.26 Å². The molecule has 0 radical (unpaired) electrons. The Morgan fingerprint density at radius 2 is 2.05 bits per heavy atom. The smallest absolute Gasteiger partial charge is 0.163 e. The van der Waals surface area contributed by atoms with E-state index in [1.54, 1.807) is 0 Å². The van der Waals surface area contributed by atoms with Gasteiger partial charge in [-0.15, -0.1) is 0 Å². The number of fused-ring (bicyclic) bond motifs is 1. The number of benzene rings is 1. The van der Waals surface area contributed by atoms with Crippen molar-refractivity contribution in [1.82, 2.24) is 4.90 Å². The number of nitrogens with zero attached hydrogens (tertiary/aromatic N) is 2. The average molecular weight is 288 g/mol. The molecule has 0 spiro atoms. The highest BCUT2D eigenvalue weighted by atomic mass is 16.8. The number of nitriles is 1. The van der Waals surface area contributed by atoms with Crippen LogP contribution in [0.15, 0.2) is 30.3 Å². The van der Waals surface area contributed by atoms with Gasteiger partial charge in [-0.05, 0) is 19.4 Å². The molecule has 112 valence electrons. The fourth-order valence-corrected chi connectivity index (χ4v) is 3.17. The fraction of sp³-hybridized carbons (Fsp3) is 0.562. The lowest BCUT2D eigenvalue weighted by atomic mass is 9.94. The van der Waals surface area contributed by atoms with E-state index in [-0.39, 0.29) is 6.10 Å². The van der Waals surface area contributed by atoms with Crippen LogP contribution in [0.4, 0.5) is 0 Å². The van der Waals surface area contributed by atoms with Crippen molar-refractivity contribution in [2.24, 2.45) is 0 Å². The Kier molecular flexibility index (Phi) is 3.72. The lowest BCUT2D eigenvalue weighted by Crippen LogP contribution is -2.59. The van der Waals surface area contributed by atoms with Crippen LogP contribution < -0.4 is 0 Å². The summed E-state index contributed by atoms with van der Waals surface area (Å²) in [5, 5.41) is 19.9. The third-order valence-corrected chi connectivity index (χ3v) is 4.05. The van der Waals surface area contributed by atoms with Crippen molar-refractivity contribution >= 4 is 0 Å². The molecule has 2 heterocycles. The first kappa shape index (κ1) is 14.5. The number of rotatable bonds is 2. The molecule has 1 aromatic carbocycles. The highest BCUT2D eigenvalue weighted by Crippen LogP contribution is 2.35. The van der Waals surface area contributed by atoms with Gasteiger partial charge in [0.2, 0.25) is 0 Å². The zero-order valence-corrected chi connectivity index (χ0v) is 12.3. The van der Waals surface area contributed by atoms with Gasteiger partial charge in [0.05, 0.1) is 6.07 Å². The molecule has 5 nitrogen and oxygen atoms in total. The average Bonchev–Trinajstić information content (AvgIpc) is 2.75. The molecule has 0 aromatic heterocycles. The number of aliphatic hydroxyl groups excluding tert-OH is 1. The number of hydrogen-bond donors (Lipinski definition) is 1. The van der Waals surface area contributed by atoms with Gasteiger partial charge in [-0.2, -0.15) is 5.26 Å². The molecule has 2 fully saturated rings. The summed E-state index contributed by atoms with van der Waals surface area (Å²) >= 11 is 0. The van der Waals surface area contributed by atoms with E-state index in [0.717, 1.165) is 5.56 Å². The molecule has 2 saturated heterocycles. The van der Waals surface area contributed by atoms with Gasteiger partial charge in [-0.1, -0.05) is 30.3 Å². The van der Waals surface area contributed by atoms with Gasteiger partial charge in [0, 0.05) is 13.1 Å². The first-order valence-corrected chi connectivity index (χ1v) is 7.21. The molecule has 5 heteroatoms. The van der Waals surface area contributed by atoms with E-state index >= 15 is 0 Å². The van der Waals surface area contributed by atoms with Gasteiger partial charge in [0.15, 0.2) is 5.79 Å². The monoisotopic (exact) mass is 288 g/mol. The second-order valence-electron chi connectivity index (χ2n) is 6.12. The van der Waals surface area contributed by atoms with E-state index in [2.05, 4.69) is 6.07 Å². The largest absolute Gasteiger partial charge is 0.388 e.